The highest BCUT2D eigenvalue weighted by Gasteiger charge is 2.34. The Hall–Kier alpha value is -1.85. The molecule has 0 saturated heterocycles. The maximum absolute atomic E-state index is 12.6. The number of hydrogen-bond donors (Lipinski definition) is 0. The van der Waals surface area contributed by atoms with Gasteiger partial charge in [0, 0.05) is 0 Å². The number of carbonyl (C=O) groups is 1. The van der Waals surface area contributed by atoms with Gasteiger partial charge in [-0.1, -0.05) is 13.0 Å². The van der Waals surface area contributed by atoms with E-state index in [0.29, 0.717) is 12.1 Å². The average Bonchev–Trinajstić information content (AvgIpc) is 2.65. The second-order valence-corrected chi connectivity index (χ2v) is 4.36. The Kier molecular flexibility index (Phi) is 3.34. The lowest BCUT2D eigenvalue weighted by Gasteiger charge is -2.15. The molecule has 3 nitrogen and oxygen atoms in total. The summed E-state index contributed by atoms with van der Waals surface area (Å²) in [5.74, 6) is -0.671. The molecule has 1 unspecified atom stereocenters. The number of alkyl halides is 3. The van der Waals surface area contributed by atoms with Crippen LogP contribution in [0, 0.1) is 5.92 Å². The van der Waals surface area contributed by atoms with Crippen LogP contribution >= 0.6 is 0 Å². The molecule has 0 spiro atoms. The monoisotopic (exact) mass is 270 g/mol. The average molecular weight is 270 g/mol. The molecule has 0 N–H and O–H groups in total. The van der Waals surface area contributed by atoms with Crippen LogP contribution in [-0.2, 0) is 11.0 Å². The predicted molar refractivity (Wildman–Crippen MR) is 65.8 cm³/mol. The Morgan fingerprint density at radius 3 is 2.58 bits per heavy atom. The number of amides is 1. The van der Waals surface area contributed by atoms with E-state index in [1.165, 1.54) is 12.1 Å². The molecule has 102 valence electrons. The fourth-order valence-electron chi connectivity index (χ4n) is 1.97. The van der Waals surface area contributed by atoms with Gasteiger partial charge < -0.3 is 0 Å². The molecular weight excluding hydrogens is 257 g/mol. The van der Waals surface area contributed by atoms with Crippen molar-refractivity contribution in [3.05, 3.63) is 29.8 Å². The Labute approximate surface area is 108 Å². The van der Waals surface area contributed by atoms with Gasteiger partial charge in [0.25, 0.3) is 5.91 Å². The lowest BCUT2D eigenvalue weighted by Crippen LogP contribution is -2.25. The number of anilines is 1. The lowest BCUT2D eigenvalue weighted by molar-refractivity contribution is -0.137. The van der Waals surface area contributed by atoms with Crippen molar-refractivity contribution in [1.29, 1.82) is 0 Å². The Morgan fingerprint density at radius 2 is 2.05 bits per heavy atom. The largest absolute Gasteiger partial charge is 0.416 e. The van der Waals surface area contributed by atoms with Crippen molar-refractivity contribution in [2.75, 3.05) is 5.01 Å². The summed E-state index contributed by atoms with van der Waals surface area (Å²) in [6, 6.07) is 4.63. The zero-order valence-corrected chi connectivity index (χ0v) is 10.5. The van der Waals surface area contributed by atoms with E-state index in [2.05, 4.69) is 5.10 Å². The Bertz CT molecular complexity index is 537. The van der Waals surface area contributed by atoms with Crippen LogP contribution in [0.5, 0.6) is 0 Å². The molecule has 1 amide bonds. The van der Waals surface area contributed by atoms with Crippen LogP contribution in [0.4, 0.5) is 18.9 Å². The second-order valence-electron chi connectivity index (χ2n) is 4.36. The number of benzene rings is 1. The van der Waals surface area contributed by atoms with Crippen LogP contribution in [0.15, 0.2) is 29.4 Å². The molecule has 0 radical (unpaired) electrons. The maximum atomic E-state index is 12.6. The first-order chi connectivity index (χ1) is 8.84. The van der Waals surface area contributed by atoms with E-state index in [1.807, 2.05) is 6.92 Å². The molecule has 1 heterocycles. The first kappa shape index (κ1) is 13.6. The number of carbonyl (C=O) groups excluding carboxylic acids is 1. The van der Waals surface area contributed by atoms with Crippen molar-refractivity contribution in [2.24, 2.45) is 11.0 Å². The van der Waals surface area contributed by atoms with Gasteiger partial charge in [-0.25, -0.2) is 5.01 Å². The minimum absolute atomic E-state index is 0.148. The smallest absolute Gasteiger partial charge is 0.272 e. The highest BCUT2D eigenvalue weighted by Crippen LogP contribution is 2.33. The molecule has 0 fully saturated rings. The zero-order chi connectivity index (χ0) is 14.2. The van der Waals surface area contributed by atoms with Crippen molar-refractivity contribution in [2.45, 2.75) is 26.4 Å². The maximum Gasteiger partial charge on any atom is 0.416 e. The van der Waals surface area contributed by atoms with E-state index in [1.54, 1.807) is 6.92 Å². The second kappa shape index (κ2) is 4.68. The summed E-state index contributed by atoms with van der Waals surface area (Å²) < 4.78 is 37.9. The van der Waals surface area contributed by atoms with Crippen molar-refractivity contribution >= 4 is 17.3 Å². The van der Waals surface area contributed by atoms with Gasteiger partial charge in [-0.2, -0.15) is 18.3 Å². The van der Waals surface area contributed by atoms with Gasteiger partial charge >= 0.3 is 6.18 Å². The molecule has 1 aromatic rings. The van der Waals surface area contributed by atoms with Crippen molar-refractivity contribution < 1.29 is 18.0 Å². The highest BCUT2D eigenvalue weighted by atomic mass is 19.4. The topological polar surface area (TPSA) is 32.7 Å². The van der Waals surface area contributed by atoms with E-state index in [-0.39, 0.29) is 17.5 Å². The van der Waals surface area contributed by atoms with Gasteiger partial charge in [-0.05, 0) is 31.5 Å². The Morgan fingerprint density at radius 1 is 1.37 bits per heavy atom. The summed E-state index contributed by atoms with van der Waals surface area (Å²) in [6.07, 6.45) is -3.83. The zero-order valence-electron chi connectivity index (χ0n) is 10.5. The number of hydrogen-bond acceptors (Lipinski definition) is 2. The van der Waals surface area contributed by atoms with Crippen molar-refractivity contribution in [3.63, 3.8) is 0 Å². The first-order valence-electron chi connectivity index (χ1n) is 5.93. The van der Waals surface area contributed by atoms with Crippen LogP contribution < -0.4 is 5.01 Å². The molecule has 1 aliphatic heterocycles. The summed E-state index contributed by atoms with van der Waals surface area (Å²) >= 11 is 0. The molecule has 6 heteroatoms. The number of nitrogens with zero attached hydrogens (tertiary/aromatic N) is 2. The van der Waals surface area contributed by atoms with Crippen LogP contribution in [0.25, 0.3) is 0 Å². The van der Waals surface area contributed by atoms with Gasteiger partial charge in [-0.3, -0.25) is 4.79 Å². The molecule has 0 saturated carbocycles. The fraction of sp³-hybridized carbons (Fsp3) is 0.385. The molecule has 1 atom stereocenters. The van der Waals surface area contributed by atoms with E-state index in [0.717, 1.165) is 17.1 Å². The quantitative estimate of drug-likeness (QED) is 0.810. The summed E-state index contributed by atoms with van der Waals surface area (Å²) in [5, 5.41) is 5.15. The van der Waals surface area contributed by atoms with Crippen LogP contribution in [0.2, 0.25) is 0 Å². The number of rotatable bonds is 2. The summed E-state index contributed by atoms with van der Waals surface area (Å²) in [6.45, 7) is 3.57. The molecule has 1 aromatic carbocycles. The summed E-state index contributed by atoms with van der Waals surface area (Å²) in [5.41, 5.74) is 0.0446. The van der Waals surface area contributed by atoms with E-state index < -0.39 is 11.7 Å². The van der Waals surface area contributed by atoms with E-state index >= 15 is 0 Å². The SMILES string of the molecule is CCC1=NN(c2cccc(C(F)(F)F)c2)C(=O)C1C. The normalized spacial score (nSPS) is 19.8. The van der Waals surface area contributed by atoms with Crippen molar-refractivity contribution in [3.8, 4) is 0 Å². The van der Waals surface area contributed by atoms with Gasteiger partial charge in [0.2, 0.25) is 0 Å². The molecule has 0 bridgehead atoms. The third-order valence-electron chi connectivity index (χ3n) is 3.09. The molecule has 0 aliphatic carbocycles. The predicted octanol–water partition coefficient (Wildman–Crippen LogP) is 3.45. The standard InChI is InChI=1S/C13H13F3N2O/c1-3-11-8(2)12(19)18(17-11)10-6-4-5-9(7-10)13(14,15)16/h4-8H,3H2,1-2H3. The molecule has 0 aromatic heterocycles. The van der Waals surface area contributed by atoms with Crippen molar-refractivity contribution in [1.82, 2.24) is 0 Å². The van der Waals surface area contributed by atoms with Crippen LogP contribution in [0.3, 0.4) is 0 Å². The number of halogens is 3. The summed E-state index contributed by atoms with van der Waals surface area (Å²) in [7, 11) is 0. The van der Waals surface area contributed by atoms with Gasteiger partial charge in [-0.15, -0.1) is 0 Å². The van der Waals surface area contributed by atoms with Gasteiger partial charge in [0.15, 0.2) is 0 Å². The molecular formula is C13H13F3N2O. The van der Waals surface area contributed by atoms with E-state index in [9.17, 15) is 18.0 Å². The minimum atomic E-state index is -4.43. The third-order valence-corrected chi connectivity index (χ3v) is 3.09. The summed E-state index contributed by atoms with van der Waals surface area (Å²) in [4.78, 5) is 12.0. The van der Waals surface area contributed by atoms with Gasteiger partial charge in [0.05, 0.1) is 22.9 Å². The highest BCUT2D eigenvalue weighted by molar-refractivity contribution is 6.15. The van der Waals surface area contributed by atoms with Gasteiger partial charge in [0.1, 0.15) is 0 Å². The number of hydrazone groups is 1. The molecule has 2 rings (SSSR count). The fourth-order valence-corrected chi connectivity index (χ4v) is 1.97. The Balaban J connectivity index is 2.38. The third kappa shape index (κ3) is 2.47. The lowest BCUT2D eigenvalue weighted by atomic mass is 10.0. The van der Waals surface area contributed by atoms with E-state index in [4.69, 9.17) is 0 Å². The minimum Gasteiger partial charge on any atom is -0.272 e. The molecule has 1 aliphatic rings. The van der Waals surface area contributed by atoms with Crippen LogP contribution in [0.1, 0.15) is 25.8 Å². The first-order valence-corrected chi connectivity index (χ1v) is 5.93. The van der Waals surface area contributed by atoms with Crippen LogP contribution in [-0.4, -0.2) is 11.6 Å². The molecule has 19 heavy (non-hydrogen) atoms.